The van der Waals surface area contributed by atoms with Crippen molar-refractivity contribution in [1.29, 1.82) is 0 Å². The van der Waals surface area contributed by atoms with E-state index >= 15 is 0 Å². The number of nitrogens with zero attached hydrogens (tertiary/aromatic N) is 2. The minimum absolute atomic E-state index is 0.0313. The molecule has 2 aromatic rings. The van der Waals surface area contributed by atoms with Crippen LogP contribution in [0.1, 0.15) is 48.4 Å². The number of ether oxygens (including phenoxy) is 1. The number of amides is 1. The summed E-state index contributed by atoms with van der Waals surface area (Å²) in [5.41, 5.74) is 1.67. The van der Waals surface area contributed by atoms with Gasteiger partial charge in [-0.2, -0.15) is 4.31 Å². The van der Waals surface area contributed by atoms with Crippen LogP contribution >= 0.6 is 11.6 Å². The normalized spacial score (nSPS) is 17.1. The fourth-order valence-electron chi connectivity index (χ4n) is 4.40. The minimum Gasteiger partial charge on any atom is -0.462 e. The number of hydrogen-bond acceptors (Lipinski definition) is 5. The van der Waals surface area contributed by atoms with Crippen LogP contribution < -0.4 is 5.32 Å². The number of carbonyl (C=O) groups is 2. The van der Waals surface area contributed by atoms with Crippen molar-refractivity contribution in [3.8, 4) is 0 Å². The number of carbonyl (C=O) groups excluding carboxylic acids is 2. The van der Waals surface area contributed by atoms with E-state index in [1.54, 1.807) is 49.6 Å². The Morgan fingerprint density at radius 3 is 2.58 bits per heavy atom. The second-order valence-electron chi connectivity index (χ2n) is 8.04. The predicted molar refractivity (Wildman–Crippen MR) is 127 cm³/mol. The quantitative estimate of drug-likeness (QED) is 0.585. The number of rotatable bonds is 7. The average molecular weight is 496 g/mol. The van der Waals surface area contributed by atoms with E-state index in [0.717, 1.165) is 0 Å². The molecule has 2 heterocycles. The Morgan fingerprint density at radius 1 is 1.21 bits per heavy atom. The van der Waals surface area contributed by atoms with Crippen LogP contribution in [-0.2, 0) is 26.1 Å². The first-order valence-corrected chi connectivity index (χ1v) is 12.9. The van der Waals surface area contributed by atoms with Crippen LogP contribution in [0.5, 0.6) is 0 Å². The molecule has 10 heteroatoms. The number of anilines is 1. The maximum atomic E-state index is 13.7. The molecule has 1 saturated heterocycles. The van der Waals surface area contributed by atoms with Crippen molar-refractivity contribution < 1.29 is 22.7 Å². The topological polar surface area (TPSA) is 97.7 Å². The first-order chi connectivity index (χ1) is 15.6. The Balaban J connectivity index is 1.91. The lowest BCUT2D eigenvalue weighted by Gasteiger charge is -2.31. The molecule has 1 aliphatic rings. The van der Waals surface area contributed by atoms with Crippen molar-refractivity contribution in [2.24, 2.45) is 5.92 Å². The zero-order valence-corrected chi connectivity index (χ0v) is 20.9. The monoisotopic (exact) mass is 495 g/mol. The summed E-state index contributed by atoms with van der Waals surface area (Å²) >= 11 is 5.99. The minimum atomic E-state index is -4.03. The van der Waals surface area contributed by atoms with E-state index in [-0.39, 0.29) is 36.1 Å². The number of benzene rings is 1. The Bertz CT molecular complexity index is 1160. The third-order valence-electron chi connectivity index (χ3n) is 5.97. The highest BCUT2D eigenvalue weighted by molar-refractivity contribution is 7.89. The van der Waals surface area contributed by atoms with E-state index in [2.05, 4.69) is 5.32 Å². The number of aromatic nitrogens is 1. The van der Waals surface area contributed by atoms with Crippen LogP contribution in [0.15, 0.2) is 29.2 Å². The number of sulfonamides is 1. The fraction of sp³-hybridized carbons (Fsp3) is 0.478. The third kappa shape index (κ3) is 5.10. The van der Waals surface area contributed by atoms with Crippen molar-refractivity contribution in [3.63, 3.8) is 0 Å². The van der Waals surface area contributed by atoms with Crippen LogP contribution in [-0.4, -0.2) is 48.9 Å². The molecule has 3 rings (SSSR count). The highest BCUT2D eigenvalue weighted by Gasteiger charge is 2.39. The summed E-state index contributed by atoms with van der Waals surface area (Å²) in [7, 11) is -4.03. The average Bonchev–Trinajstić information content (AvgIpc) is 3.04. The Morgan fingerprint density at radius 2 is 1.94 bits per heavy atom. The molecule has 33 heavy (non-hydrogen) atoms. The Labute approximate surface area is 199 Å². The number of esters is 1. The predicted octanol–water partition coefficient (Wildman–Crippen LogP) is 3.99. The van der Waals surface area contributed by atoms with E-state index < -0.39 is 21.9 Å². The van der Waals surface area contributed by atoms with Gasteiger partial charge in [-0.25, -0.2) is 13.2 Å². The molecule has 1 fully saturated rings. The van der Waals surface area contributed by atoms with Gasteiger partial charge in [-0.1, -0.05) is 17.7 Å². The van der Waals surface area contributed by atoms with Crippen molar-refractivity contribution in [2.45, 2.75) is 52.0 Å². The summed E-state index contributed by atoms with van der Waals surface area (Å²) < 4.78 is 35.8. The van der Waals surface area contributed by atoms with Crippen LogP contribution in [0.3, 0.4) is 0 Å². The van der Waals surface area contributed by atoms with Gasteiger partial charge in [-0.15, -0.1) is 0 Å². The second kappa shape index (κ2) is 10.3. The zero-order valence-electron chi connectivity index (χ0n) is 19.4. The molecular formula is C23H30ClN3O5S. The number of piperidine rings is 1. The summed E-state index contributed by atoms with van der Waals surface area (Å²) in [5.74, 6) is -1.44. The van der Waals surface area contributed by atoms with Gasteiger partial charge in [0.25, 0.3) is 0 Å². The molecule has 180 valence electrons. The van der Waals surface area contributed by atoms with E-state index in [9.17, 15) is 18.0 Å². The third-order valence-corrected chi connectivity index (χ3v) is 8.23. The highest BCUT2D eigenvalue weighted by atomic mass is 35.5. The zero-order chi connectivity index (χ0) is 24.3. The van der Waals surface area contributed by atoms with Crippen LogP contribution in [0.25, 0.3) is 0 Å². The van der Waals surface area contributed by atoms with Gasteiger partial charge in [0, 0.05) is 41.7 Å². The molecule has 0 spiro atoms. The lowest BCUT2D eigenvalue weighted by Crippen LogP contribution is -2.44. The van der Waals surface area contributed by atoms with E-state index in [1.165, 1.54) is 4.31 Å². The number of nitrogens with one attached hydrogen (secondary N) is 1. The lowest BCUT2D eigenvalue weighted by atomic mass is 9.99. The van der Waals surface area contributed by atoms with Gasteiger partial charge in [0.05, 0.1) is 12.5 Å². The van der Waals surface area contributed by atoms with Crippen LogP contribution in [0, 0.1) is 19.8 Å². The first kappa shape index (κ1) is 25.3. The molecular weight excluding hydrogens is 466 g/mol. The summed E-state index contributed by atoms with van der Waals surface area (Å²) in [6, 6.07) is 6.81. The number of hydrogen-bond donors (Lipinski definition) is 1. The summed E-state index contributed by atoms with van der Waals surface area (Å²) in [6.07, 6.45) is 1.10. The first-order valence-electron chi connectivity index (χ1n) is 11.0. The van der Waals surface area contributed by atoms with Gasteiger partial charge in [0.2, 0.25) is 15.9 Å². The summed E-state index contributed by atoms with van der Waals surface area (Å²) in [6.45, 7) is 7.96. The highest BCUT2D eigenvalue weighted by Crippen LogP contribution is 2.33. The lowest BCUT2D eigenvalue weighted by molar-refractivity contribution is -0.120. The summed E-state index contributed by atoms with van der Waals surface area (Å²) in [4.78, 5) is 25.5. The Kier molecular flexibility index (Phi) is 7.87. The molecule has 1 aromatic carbocycles. The van der Waals surface area contributed by atoms with E-state index in [4.69, 9.17) is 16.3 Å². The number of halogens is 1. The van der Waals surface area contributed by atoms with E-state index in [1.807, 2.05) is 6.92 Å². The largest absolute Gasteiger partial charge is 0.462 e. The summed E-state index contributed by atoms with van der Waals surface area (Å²) in [5, 5.41) is 3.32. The van der Waals surface area contributed by atoms with Crippen molar-refractivity contribution >= 4 is 39.2 Å². The van der Waals surface area contributed by atoms with Crippen LogP contribution in [0.4, 0.5) is 5.69 Å². The molecule has 0 radical (unpaired) electrons. The van der Waals surface area contributed by atoms with Gasteiger partial charge < -0.3 is 14.6 Å². The van der Waals surface area contributed by atoms with E-state index in [0.29, 0.717) is 41.5 Å². The van der Waals surface area contributed by atoms with Gasteiger partial charge in [0.1, 0.15) is 10.5 Å². The molecule has 0 unspecified atom stereocenters. The maximum absolute atomic E-state index is 13.7. The van der Waals surface area contributed by atoms with Crippen molar-refractivity contribution in [3.05, 3.63) is 46.2 Å². The molecule has 1 amide bonds. The second-order valence-corrected chi connectivity index (χ2v) is 10.4. The van der Waals surface area contributed by atoms with Crippen LogP contribution in [0.2, 0.25) is 5.02 Å². The molecule has 0 saturated carbocycles. The molecule has 1 aliphatic heterocycles. The molecule has 1 atom stereocenters. The van der Waals surface area contributed by atoms with Crippen molar-refractivity contribution in [2.75, 3.05) is 25.0 Å². The fourth-order valence-corrected chi connectivity index (χ4v) is 6.57. The van der Waals surface area contributed by atoms with Crippen molar-refractivity contribution in [1.82, 2.24) is 8.87 Å². The molecule has 1 N–H and O–H groups in total. The maximum Gasteiger partial charge on any atom is 0.341 e. The van der Waals surface area contributed by atoms with Gasteiger partial charge in [-0.3, -0.25) is 4.79 Å². The van der Waals surface area contributed by atoms with Gasteiger partial charge in [0.15, 0.2) is 0 Å². The molecule has 1 aromatic heterocycles. The molecule has 0 bridgehead atoms. The van der Waals surface area contributed by atoms with Gasteiger partial charge in [-0.05, 0) is 58.7 Å². The molecule has 0 aliphatic carbocycles. The van der Waals surface area contributed by atoms with Gasteiger partial charge >= 0.3 is 5.97 Å². The SMILES string of the molecule is CCOC(=O)c1c(S(=O)(=O)N2CCC[C@H](C(=O)Nc3cccc(Cl)c3)C2)c(C)n(CC)c1C. The standard InChI is InChI=1S/C23H30ClN3O5S/c1-5-27-15(3)20(23(29)32-6-2)21(16(27)4)33(30,31)26-12-8-9-17(14-26)22(28)25-19-11-7-10-18(24)13-19/h7,10-11,13,17H,5-6,8-9,12,14H2,1-4H3,(H,25,28)/t17-/m0/s1. The smallest absolute Gasteiger partial charge is 0.341 e. The molecule has 8 nitrogen and oxygen atoms in total. The Hall–Kier alpha value is -2.36.